The highest BCUT2D eigenvalue weighted by atomic mass is 16.4. The number of hydrogen-bond donors (Lipinski definition) is 6. The Bertz CT molecular complexity index is 1130. The van der Waals surface area contributed by atoms with E-state index in [2.05, 4.69) is 15.6 Å². The molecular formula is C26H37N5O6. The number of benzene rings is 1. The number of carbonyl (C=O) groups is 4. The summed E-state index contributed by atoms with van der Waals surface area (Å²) in [4.78, 5) is 55.2. The van der Waals surface area contributed by atoms with Gasteiger partial charge < -0.3 is 36.5 Å². The lowest BCUT2D eigenvalue weighted by Crippen LogP contribution is -2.59. The van der Waals surface area contributed by atoms with Gasteiger partial charge in [0.1, 0.15) is 18.1 Å². The molecular weight excluding hydrogens is 478 g/mol. The van der Waals surface area contributed by atoms with Crippen LogP contribution in [0.3, 0.4) is 0 Å². The minimum Gasteiger partial charge on any atom is -0.480 e. The van der Waals surface area contributed by atoms with Gasteiger partial charge in [-0.3, -0.25) is 14.4 Å². The number of aromatic nitrogens is 1. The van der Waals surface area contributed by atoms with Crippen LogP contribution < -0.4 is 16.4 Å². The zero-order valence-corrected chi connectivity index (χ0v) is 21.4. The van der Waals surface area contributed by atoms with Gasteiger partial charge in [0.2, 0.25) is 17.7 Å². The van der Waals surface area contributed by atoms with Crippen molar-refractivity contribution in [1.29, 1.82) is 0 Å². The van der Waals surface area contributed by atoms with Crippen LogP contribution in [0, 0.1) is 5.92 Å². The maximum absolute atomic E-state index is 13.4. The molecule has 202 valence electrons. The Morgan fingerprint density at radius 2 is 1.86 bits per heavy atom. The number of para-hydroxylation sites is 1. The number of nitrogens with two attached hydrogens (primary N) is 1. The predicted octanol–water partition coefficient (Wildman–Crippen LogP) is 0.510. The van der Waals surface area contributed by atoms with E-state index in [9.17, 15) is 29.4 Å². The maximum atomic E-state index is 13.4. The Morgan fingerprint density at radius 3 is 2.51 bits per heavy atom. The van der Waals surface area contributed by atoms with Crippen molar-refractivity contribution in [2.24, 2.45) is 11.7 Å². The van der Waals surface area contributed by atoms with Gasteiger partial charge in [0.05, 0.1) is 12.1 Å². The van der Waals surface area contributed by atoms with Crippen molar-refractivity contribution in [3.8, 4) is 0 Å². The second-order valence-corrected chi connectivity index (χ2v) is 10.1. The normalized spacial score (nSPS) is 18.9. The predicted molar refractivity (Wildman–Crippen MR) is 137 cm³/mol. The van der Waals surface area contributed by atoms with Crippen LogP contribution in [0.25, 0.3) is 10.9 Å². The smallest absolute Gasteiger partial charge is 0.326 e. The quantitative estimate of drug-likeness (QED) is 0.252. The highest BCUT2D eigenvalue weighted by Gasteiger charge is 2.40. The minimum atomic E-state index is -1.30. The fraction of sp³-hybridized carbons (Fsp3) is 0.538. The molecule has 11 heteroatoms. The molecule has 1 aromatic heterocycles. The van der Waals surface area contributed by atoms with Crippen molar-refractivity contribution in [3.05, 3.63) is 36.0 Å². The van der Waals surface area contributed by atoms with E-state index in [1.165, 1.54) is 11.8 Å². The number of rotatable bonds is 11. The summed E-state index contributed by atoms with van der Waals surface area (Å²) in [6, 6.07) is 3.38. The molecule has 1 aliphatic rings. The van der Waals surface area contributed by atoms with Gasteiger partial charge in [-0.15, -0.1) is 0 Å². The largest absolute Gasteiger partial charge is 0.480 e. The monoisotopic (exact) mass is 515 g/mol. The fourth-order valence-electron chi connectivity index (χ4n) is 4.72. The fourth-order valence-corrected chi connectivity index (χ4v) is 4.72. The molecule has 0 saturated carbocycles. The summed E-state index contributed by atoms with van der Waals surface area (Å²) in [5, 5.41) is 25.8. The second-order valence-electron chi connectivity index (χ2n) is 10.1. The van der Waals surface area contributed by atoms with E-state index in [-0.39, 0.29) is 25.3 Å². The van der Waals surface area contributed by atoms with Gasteiger partial charge >= 0.3 is 5.97 Å². The lowest BCUT2D eigenvalue weighted by Gasteiger charge is -2.31. The highest BCUT2D eigenvalue weighted by molar-refractivity contribution is 5.95. The number of nitrogens with zero attached hydrogens (tertiary/aromatic N) is 1. The van der Waals surface area contributed by atoms with E-state index >= 15 is 0 Å². The molecule has 1 saturated heterocycles. The Morgan fingerprint density at radius 1 is 1.16 bits per heavy atom. The summed E-state index contributed by atoms with van der Waals surface area (Å²) in [6.07, 6.45) is 1.90. The average Bonchev–Trinajstić information content (AvgIpc) is 3.48. The summed E-state index contributed by atoms with van der Waals surface area (Å²) in [5.74, 6) is -2.88. The summed E-state index contributed by atoms with van der Waals surface area (Å²) < 4.78 is 0. The third kappa shape index (κ3) is 6.86. The molecule has 1 fully saturated rings. The van der Waals surface area contributed by atoms with Gasteiger partial charge in [0.25, 0.3) is 0 Å². The number of nitrogens with one attached hydrogen (secondary N) is 3. The number of fused-ring (bicyclic) bond motifs is 1. The minimum absolute atomic E-state index is 0.0472. The third-order valence-corrected chi connectivity index (χ3v) is 6.66. The maximum Gasteiger partial charge on any atom is 0.326 e. The summed E-state index contributed by atoms with van der Waals surface area (Å²) in [7, 11) is 0. The zero-order chi connectivity index (χ0) is 27.3. The summed E-state index contributed by atoms with van der Waals surface area (Å²) >= 11 is 0. The van der Waals surface area contributed by atoms with E-state index in [0.717, 1.165) is 16.5 Å². The van der Waals surface area contributed by atoms with Crippen LogP contribution in [0.4, 0.5) is 0 Å². The SMILES string of the molecule is CC(C)CC(NC(=O)C1CCCN1C(=O)C(NC(=O)C(N)Cc1c[nH]c2ccccc12)C(C)O)C(=O)O. The molecule has 2 aromatic rings. The third-order valence-electron chi connectivity index (χ3n) is 6.66. The standard InChI is InChI=1S/C26H37N5O6/c1-14(2)11-20(26(36)37)29-24(34)21-9-6-10-31(21)25(35)22(15(3)32)30-23(33)18(27)12-16-13-28-19-8-5-4-7-17(16)19/h4-5,7-8,13-15,18,20-22,28,32H,6,9-12,27H2,1-3H3,(H,29,34)(H,30,33)(H,36,37). The molecule has 3 amide bonds. The second kappa shape index (κ2) is 12.2. The van der Waals surface area contributed by atoms with Crippen molar-refractivity contribution in [3.63, 3.8) is 0 Å². The number of aliphatic hydroxyl groups is 1. The number of aliphatic hydroxyl groups excluding tert-OH is 1. The molecule has 1 aromatic carbocycles. The number of H-pyrrole nitrogens is 1. The number of amides is 3. The molecule has 0 bridgehead atoms. The van der Waals surface area contributed by atoms with Crippen LogP contribution in [0.5, 0.6) is 0 Å². The van der Waals surface area contributed by atoms with E-state index < -0.39 is 54.0 Å². The number of carboxylic acids is 1. The number of carboxylic acid groups (broad SMARTS) is 1. The first-order valence-corrected chi connectivity index (χ1v) is 12.6. The molecule has 1 aliphatic heterocycles. The highest BCUT2D eigenvalue weighted by Crippen LogP contribution is 2.21. The molecule has 7 N–H and O–H groups in total. The summed E-state index contributed by atoms with van der Waals surface area (Å²) in [6.45, 7) is 5.33. The lowest BCUT2D eigenvalue weighted by molar-refractivity contribution is -0.146. The van der Waals surface area contributed by atoms with Crippen molar-refractivity contribution in [2.45, 2.75) is 76.7 Å². The number of likely N-dealkylation sites (tertiary alicyclic amines) is 1. The first-order chi connectivity index (χ1) is 17.5. The van der Waals surface area contributed by atoms with Crippen LogP contribution in [0.2, 0.25) is 0 Å². The number of carbonyl (C=O) groups excluding carboxylic acids is 3. The van der Waals surface area contributed by atoms with Crippen LogP contribution in [-0.4, -0.2) is 80.6 Å². The van der Waals surface area contributed by atoms with Crippen LogP contribution in [-0.2, 0) is 25.6 Å². The van der Waals surface area contributed by atoms with Gasteiger partial charge in [-0.25, -0.2) is 4.79 Å². The van der Waals surface area contributed by atoms with Gasteiger partial charge in [-0.1, -0.05) is 32.0 Å². The number of hydrogen-bond acceptors (Lipinski definition) is 6. The van der Waals surface area contributed by atoms with E-state index in [1.807, 2.05) is 38.1 Å². The molecule has 2 heterocycles. The number of aliphatic carboxylic acids is 1. The van der Waals surface area contributed by atoms with Crippen molar-refractivity contribution >= 4 is 34.6 Å². The molecule has 5 atom stereocenters. The Hall–Kier alpha value is -3.44. The zero-order valence-electron chi connectivity index (χ0n) is 21.4. The van der Waals surface area contributed by atoms with Gasteiger partial charge in [-0.05, 0) is 50.2 Å². The van der Waals surface area contributed by atoms with E-state index in [1.54, 1.807) is 6.20 Å². The van der Waals surface area contributed by atoms with Crippen molar-refractivity contribution < 1.29 is 29.4 Å². The van der Waals surface area contributed by atoms with E-state index in [0.29, 0.717) is 12.8 Å². The molecule has 0 spiro atoms. The van der Waals surface area contributed by atoms with Gasteiger partial charge in [0, 0.05) is 23.6 Å². The van der Waals surface area contributed by atoms with Crippen LogP contribution in [0.1, 0.15) is 45.6 Å². The van der Waals surface area contributed by atoms with Gasteiger partial charge in [0.15, 0.2) is 0 Å². The Labute approximate surface area is 215 Å². The lowest BCUT2D eigenvalue weighted by atomic mass is 10.0. The van der Waals surface area contributed by atoms with Crippen molar-refractivity contribution in [2.75, 3.05) is 6.54 Å². The van der Waals surface area contributed by atoms with Gasteiger partial charge in [-0.2, -0.15) is 0 Å². The summed E-state index contributed by atoms with van der Waals surface area (Å²) in [5.41, 5.74) is 7.91. The van der Waals surface area contributed by atoms with Crippen molar-refractivity contribution in [1.82, 2.24) is 20.5 Å². The number of aromatic amines is 1. The Balaban J connectivity index is 1.67. The molecule has 37 heavy (non-hydrogen) atoms. The first kappa shape index (κ1) is 28.1. The molecule has 0 radical (unpaired) electrons. The average molecular weight is 516 g/mol. The Kier molecular flexibility index (Phi) is 9.28. The molecule has 0 aliphatic carbocycles. The molecule has 11 nitrogen and oxygen atoms in total. The van der Waals surface area contributed by atoms with E-state index in [4.69, 9.17) is 5.73 Å². The van der Waals surface area contributed by atoms with Crippen LogP contribution >= 0.6 is 0 Å². The van der Waals surface area contributed by atoms with Crippen LogP contribution in [0.15, 0.2) is 30.5 Å². The topological polar surface area (TPSA) is 178 Å². The first-order valence-electron chi connectivity index (χ1n) is 12.6. The molecule has 5 unspecified atom stereocenters. The molecule has 3 rings (SSSR count).